The zero-order valence-electron chi connectivity index (χ0n) is 36.8. The van der Waals surface area contributed by atoms with E-state index in [9.17, 15) is 29.9 Å². The van der Waals surface area contributed by atoms with E-state index in [-0.39, 0.29) is 46.4 Å². The fourth-order valence-electron chi connectivity index (χ4n) is 7.52. The monoisotopic (exact) mass is 915 g/mol. The molecule has 1 amide bonds. The van der Waals surface area contributed by atoms with Gasteiger partial charge < -0.3 is 44.1 Å². The van der Waals surface area contributed by atoms with Crippen molar-refractivity contribution in [1.82, 2.24) is 15.2 Å². The second kappa shape index (κ2) is 20.2. The minimum atomic E-state index is -2.32. The average molecular weight is 916 g/mol. The quantitative estimate of drug-likeness (QED) is 0.0443. The Labute approximate surface area is 376 Å². The van der Waals surface area contributed by atoms with Crippen LogP contribution in [0.15, 0.2) is 76.2 Å². The molecule has 0 unspecified atom stereocenters. The number of hydrogen-bond donors (Lipinski definition) is 5. The number of anilines is 1. The first-order valence-corrected chi connectivity index (χ1v) is 25.6. The molecular weight excluding hydrogens is 859 g/mol. The lowest BCUT2D eigenvalue weighted by atomic mass is 9.91. The van der Waals surface area contributed by atoms with Crippen LogP contribution in [-0.4, -0.2) is 86.5 Å². The van der Waals surface area contributed by atoms with E-state index in [2.05, 4.69) is 60.5 Å². The van der Waals surface area contributed by atoms with Gasteiger partial charge in [0.1, 0.15) is 30.3 Å². The highest BCUT2D eigenvalue weighted by atomic mass is 32.1. The summed E-state index contributed by atoms with van der Waals surface area (Å²) < 4.78 is 24.1. The van der Waals surface area contributed by atoms with Crippen LogP contribution in [0.1, 0.15) is 79.0 Å². The van der Waals surface area contributed by atoms with Crippen LogP contribution >= 0.6 is 22.7 Å². The van der Waals surface area contributed by atoms with Crippen LogP contribution in [0.2, 0.25) is 18.1 Å². The van der Waals surface area contributed by atoms with Crippen LogP contribution in [0.25, 0.3) is 10.9 Å². The Kier molecular flexibility index (Phi) is 15.2. The first-order valence-electron chi connectivity index (χ1n) is 20.9. The summed E-state index contributed by atoms with van der Waals surface area (Å²) in [5.41, 5.74) is 0.154. The minimum absolute atomic E-state index is 0.0310. The lowest BCUT2D eigenvalue weighted by molar-refractivity contribution is -0.169. The van der Waals surface area contributed by atoms with Gasteiger partial charge in [0, 0.05) is 48.8 Å². The van der Waals surface area contributed by atoms with Crippen LogP contribution in [-0.2, 0) is 30.8 Å². The van der Waals surface area contributed by atoms with Crippen molar-refractivity contribution in [3.05, 3.63) is 108 Å². The Morgan fingerprint density at radius 3 is 2.32 bits per heavy atom. The smallest absolute Gasteiger partial charge is 0.411 e. The van der Waals surface area contributed by atoms with Crippen LogP contribution in [0, 0.1) is 11.3 Å². The number of pyridine rings is 1. The molecule has 0 aliphatic heterocycles. The molecule has 6 rings (SSSR count). The number of aliphatic hydroxyl groups is 1. The molecular formula is C46H57N5O9S2Si. The maximum absolute atomic E-state index is 13.4. The van der Waals surface area contributed by atoms with Gasteiger partial charge in [0.15, 0.2) is 8.32 Å². The maximum atomic E-state index is 13.4. The van der Waals surface area contributed by atoms with Crippen molar-refractivity contribution in [3.63, 3.8) is 0 Å². The molecule has 0 bridgehead atoms. The van der Waals surface area contributed by atoms with Crippen molar-refractivity contribution >= 4 is 59.6 Å². The number of phenols is 1. The highest BCUT2D eigenvalue weighted by Gasteiger charge is 2.45. The van der Waals surface area contributed by atoms with Gasteiger partial charge >= 0.3 is 12.1 Å². The number of benzene rings is 2. The number of carbonyl (C=O) groups is 2. The van der Waals surface area contributed by atoms with E-state index in [1.54, 1.807) is 48.5 Å². The van der Waals surface area contributed by atoms with E-state index in [1.807, 2.05) is 23.9 Å². The zero-order chi connectivity index (χ0) is 45.5. The Bertz CT molecular complexity index is 2420. The van der Waals surface area contributed by atoms with Gasteiger partial charge in [-0.1, -0.05) is 39.0 Å². The topological polar surface area (TPSA) is 195 Å². The lowest BCUT2D eigenvalue weighted by Crippen LogP contribution is -2.43. The number of amides is 1. The number of esters is 1. The Morgan fingerprint density at radius 2 is 1.71 bits per heavy atom. The third kappa shape index (κ3) is 11.0. The van der Waals surface area contributed by atoms with Gasteiger partial charge in [-0.2, -0.15) is 5.26 Å². The summed E-state index contributed by atoms with van der Waals surface area (Å²) >= 11 is 2.63. The number of aromatic hydroxyl groups is 1. The van der Waals surface area contributed by atoms with Gasteiger partial charge in [0.2, 0.25) is 11.2 Å². The van der Waals surface area contributed by atoms with E-state index < -0.39 is 32.1 Å². The van der Waals surface area contributed by atoms with E-state index >= 15 is 0 Å². The summed E-state index contributed by atoms with van der Waals surface area (Å²) in [6.45, 7) is 12.0. The van der Waals surface area contributed by atoms with Crippen LogP contribution < -0.4 is 20.9 Å². The van der Waals surface area contributed by atoms with Gasteiger partial charge in [0.25, 0.3) is 0 Å². The van der Waals surface area contributed by atoms with Crippen molar-refractivity contribution in [2.45, 2.75) is 95.0 Å². The number of aromatic amines is 1. The first kappa shape index (κ1) is 47.4. The van der Waals surface area contributed by atoms with Gasteiger partial charge in [-0.3, -0.25) is 10.1 Å². The zero-order valence-corrected chi connectivity index (χ0v) is 39.4. The Balaban J connectivity index is 1.02. The van der Waals surface area contributed by atoms with Gasteiger partial charge in [0.05, 0.1) is 39.7 Å². The number of likely N-dealkylation sites (N-methyl/N-ethyl adjacent to an activating group) is 1. The molecule has 0 saturated heterocycles. The van der Waals surface area contributed by atoms with Crippen LogP contribution in [0.3, 0.4) is 0 Å². The molecule has 5 N–H and O–H groups in total. The number of hydrogen-bond acceptors (Lipinski definition) is 14. The number of H-pyrrole nitrogens is 1. The van der Waals surface area contributed by atoms with Gasteiger partial charge in [-0.25, -0.2) is 9.59 Å². The second-order valence-electron chi connectivity index (χ2n) is 17.3. The normalized spacial score (nSPS) is 16.4. The number of nitrogens with one attached hydrogen (secondary N) is 3. The number of rotatable bonds is 17. The summed E-state index contributed by atoms with van der Waals surface area (Å²) in [5, 5.41) is 42.7. The fourth-order valence-corrected chi connectivity index (χ4v) is 10.5. The molecule has 1 aliphatic carbocycles. The molecule has 1 atom stereocenters. The molecule has 5 aromatic rings. The fraction of sp³-hybridized carbons (Fsp3) is 0.435. The lowest BCUT2D eigenvalue weighted by Gasteiger charge is -2.39. The Morgan fingerprint density at radius 1 is 1.03 bits per heavy atom. The van der Waals surface area contributed by atoms with Crippen molar-refractivity contribution in [2.75, 3.05) is 39.2 Å². The van der Waals surface area contributed by atoms with E-state index in [4.69, 9.17) is 18.6 Å². The van der Waals surface area contributed by atoms with Crippen molar-refractivity contribution in [1.29, 1.82) is 5.26 Å². The number of ether oxygens (including phenoxy) is 3. The van der Waals surface area contributed by atoms with Crippen molar-refractivity contribution in [3.8, 4) is 17.6 Å². The number of carbonyl (C=O) groups excluding carboxylic acids is 2. The summed E-state index contributed by atoms with van der Waals surface area (Å²) in [6, 6.07) is 19.2. The number of phenolic OH excluding ortho intramolecular Hbond substituents is 1. The Hall–Kier alpha value is -5.06. The molecule has 2 aromatic carbocycles. The third-order valence-electron chi connectivity index (χ3n) is 12.2. The van der Waals surface area contributed by atoms with Crippen molar-refractivity contribution in [2.24, 2.45) is 0 Å². The second-order valence-corrected chi connectivity index (χ2v) is 24.0. The van der Waals surface area contributed by atoms with E-state index in [0.717, 1.165) is 18.4 Å². The summed E-state index contributed by atoms with van der Waals surface area (Å²) in [7, 11) is 1.16. The van der Waals surface area contributed by atoms with Crippen LogP contribution in [0.4, 0.5) is 10.5 Å². The largest absolute Gasteiger partial charge is 0.506 e. The number of fused-ring (bicyclic) bond motifs is 1. The molecule has 17 heteroatoms. The molecule has 1 aliphatic rings. The first-order chi connectivity index (χ1) is 29.9. The molecule has 1 fully saturated rings. The molecule has 0 radical (unpaired) electrons. The van der Waals surface area contributed by atoms with E-state index in [0.29, 0.717) is 64.4 Å². The summed E-state index contributed by atoms with van der Waals surface area (Å²) in [6.07, 6.45) is 1.34. The summed E-state index contributed by atoms with van der Waals surface area (Å²) in [5.74, 6) is -0.239. The van der Waals surface area contributed by atoms with Gasteiger partial charge in [-0.15, -0.1) is 22.7 Å². The van der Waals surface area contributed by atoms with Crippen molar-refractivity contribution < 1.29 is 38.4 Å². The summed E-state index contributed by atoms with van der Waals surface area (Å²) in [4.78, 5) is 44.5. The molecule has 1 saturated carbocycles. The molecule has 63 heavy (non-hydrogen) atoms. The molecule has 14 nitrogen and oxygen atoms in total. The minimum Gasteiger partial charge on any atom is -0.506 e. The molecule has 3 aromatic heterocycles. The number of methoxy groups -OCH3 is 1. The average Bonchev–Trinajstić information content (AvgIpc) is 4.00. The predicted octanol–water partition coefficient (Wildman–Crippen LogP) is 8.36. The highest BCUT2D eigenvalue weighted by molar-refractivity contribution is 7.12. The molecule has 0 spiro atoms. The van der Waals surface area contributed by atoms with Crippen LogP contribution in [0.5, 0.6) is 11.5 Å². The van der Waals surface area contributed by atoms with Gasteiger partial charge in [-0.05, 0) is 97.5 Å². The molecule has 336 valence electrons. The molecule has 3 heterocycles. The number of nitrogens with zero attached hydrogens (tertiary/aromatic N) is 2. The predicted molar refractivity (Wildman–Crippen MR) is 248 cm³/mol. The number of aromatic nitrogens is 1. The SMILES string of the molecule is COc1cc(NC(=O)OCCN(C)C2CCC(OC(=O)C(O)(c3cccs3)c3cccs3)CC2)c(C#N)cc1CNC[C@H](O[Si](C)(C)C(C)(C)C)c1ccc(O)c2[nH]c(=O)ccc12. The number of thiophene rings is 2. The highest BCUT2D eigenvalue weighted by Crippen LogP contribution is 2.42. The third-order valence-corrected chi connectivity index (χ3v) is 18.6. The number of nitriles is 1. The van der Waals surface area contributed by atoms with E-state index in [1.165, 1.54) is 35.8 Å². The standard InChI is InChI=1S/C46H57N5O9S2Si/c1-45(2,3)63(6,7)60-38(33-16-18-36(52)42-34(33)17-19-41(53)50-42)28-48-27-30-24-29(26-47)35(25-37(30)57-5)49-44(55)58-21-20-51(4)31-12-14-32(15-13-31)59-43(54)46(56,39-10-8-22-61-39)40-11-9-23-62-40/h8-11,16-19,22-25,31-32,38,48,52,56H,12-15,20-21,27-28H2,1-7H3,(H,49,55)(H,50,53)/t31?,32?,38-/m0/s1. The maximum Gasteiger partial charge on any atom is 0.411 e.